The highest BCUT2D eigenvalue weighted by Gasteiger charge is 2.04. The Morgan fingerprint density at radius 2 is 2.07 bits per heavy atom. The van der Waals surface area contributed by atoms with Gasteiger partial charge >= 0.3 is 0 Å². The van der Waals surface area contributed by atoms with Crippen LogP contribution in [0.5, 0.6) is 0 Å². The van der Waals surface area contributed by atoms with Crippen LogP contribution in [0.1, 0.15) is 12.5 Å². The molecule has 2 heteroatoms. The molecule has 1 atom stereocenters. The molecule has 0 amide bonds. The van der Waals surface area contributed by atoms with E-state index in [9.17, 15) is 0 Å². The van der Waals surface area contributed by atoms with Gasteiger partial charge < -0.3 is 9.64 Å². The second-order valence-corrected chi connectivity index (χ2v) is 3.14. The van der Waals surface area contributed by atoms with Crippen molar-refractivity contribution in [3.8, 4) is 12.5 Å². The third kappa shape index (κ3) is 3.12. The van der Waals surface area contributed by atoms with Gasteiger partial charge in [-0.1, -0.05) is 36.8 Å². The predicted octanol–water partition coefficient (Wildman–Crippen LogP) is 2.07. The Bertz CT molecular complexity index is 302. The van der Waals surface area contributed by atoms with Crippen molar-refractivity contribution in [1.82, 2.24) is 4.90 Å². The Morgan fingerprint density at radius 3 is 2.64 bits per heavy atom. The van der Waals surface area contributed by atoms with E-state index >= 15 is 0 Å². The van der Waals surface area contributed by atoms with Crippen molar-refractivity contribution >= 4 is 0 Å². The molecule has 2 nitrogen and oxygen atoms in total. The lowest BCUT2D eigenvalue weighted by molar-refractivity contribution is -0.0187. The molecule has 1 aromatic rings. The third-order valence-electron chi connectivity index (χ3n) is 2.08. The summed E-state index contributed by atoms with van der Waals surface area (Å²) in [5.41, 5.74) is 1.16. The van der Waals surface area contributed by atoms with Crippen molar-refractivity contribution in [2.45, 2.75) is 19.8 Å². The Balaban J connectivity index is 2.39. The van der Waals surface area contributed by atoms with Gasteiger partial charge in [0.2, 0.25) is 0 Å². The summed E-state index contributed by atoms with van der Waals surface area (Å²) in [6, 6.07) is 12.5. The van der Waals surface area contributed by atoms with Gasteiger partial charge in [0.15, 0.2) is 0 Å². The minimum Gasteiger partial charge on any atom is -0.353 e. The zero-order valence-corrected chi connectivity index (χ0v) is 8.60. The molecule has 1 rings (SSSR count). The summed E-state index contributed by atoms with van der Waals surface area (Å²) in [5.74, 6) is 0. The molecule has 0 aliphatic carbocycles. The van der Waals surface area contributed by atoms with Crippen LogP contribution >= 0.6 is 0 Å². The van der Waals surface area contributed by atoms with E-state index in [4.69, 9.17) is 11.2 Å². The largest absolute Gasteiger partial charge is 0.353 e. The van der Waals surface area contributed by atoms with Gasteiger partial charge in [0.25, 0.3) is 0 Å². The fourth-order valence-corrected chi connectivity index (χ4v) is 1.01. The Labute approximate surface area is 85.5 Å². The molecule has 0 heterocycles. The first kappa shape index (κ1) is 10.6. The summed E-state index contributed by atoms with van der Waals surface area (Å²) in [4.78, 5) is 1.70. The molecule has 1 aromatic carbocycles. The van der Waals surface area contributed by atoms with Crippen LogP contribution < -0.4 is 0 Å². The Kier molecular flexibility index (Phi) is 4.03. The second kappa shape index (κ2) is 5.31. The first-order chi connectivity index (χ1) is 6.74. The van der Waals surface area contributed by atoms with Crippen molar-refractivity contribution in [3.05, 3.63) is 35.9 Å². The maximum absolute atomic E-state index is 5.56. The zero-order chi connectivity index (χ0) is 10.4. The minimum absolute atomic E-state index is 0.0554. The molecule has 0 radical (unpaired) electrons. The molecule has 0 bridgehead atoms. The molecule has 0 fully saturated rings. The van der Waals surface area contributed by atoms with Gasteiger partial charge in [-0.3, -0.25) is 0 Å². The highest BCUT2D eigenvalue weighted by atomic mass is 16.5. The number of nitrogens with zero attached hydrogens (tertiary/aromatic N) is 1. The molecule has 14 heavy (non-hydrogen) atoms. The van der Waals surface area contributed by atoms with Crippen LogP contribution in [-0.4, -0.2) is 18.2 Å². The maximum atomic E-state index is 5.56. The Morgan fingerprint density at radius 1 is 1.43 bits per heavy atom. The van der Waals surface area contributed by atoms with E-state index < -0.39 is 0 Å². The van der Waals surface area contributed by atoms with Crippen LogP contribution in [0.2, 0.25) is 0 Å². The first-order valence-corrected chi connectivity index (χ1v) is 4.58. The van der Waals surface area contributed by atoms with E-state index in [2.05, 4.69) is 6.04 Å². The van der Waals surface area contributed by atoms with Crippen molar-refractivity contribution in [2.24, 2.45) is 0 Å². The molecule has 1 unspecified atom stereocenters. The SMILES string of the molecule is C#CN(C)C(C)OCc1ccccc1. The van der Waals surface area contributed by atoms with Crippen molar-refractivity contribution < 1.29 is 4.74 Å². The molecule has 74 valence electrons. The Hall–Kier alpha value is -1.46. The van der Waals surface area contributed by atoms with E-state index in [0.717, 1.165) is 5.56 Å². The van der Waals surface area contributed by atoms with Gasteiger partial charge in [-0.05, 0) is 12.5 Å². The molecule has 0 aliphatic heterocycles. The summed E-state index contributed by atoms with van der Waals surface area (Å²) >= 11 is 0. The van der Waals surface area contributed by atoms with E-state index in [1.165, 1.54) is 0 Å². The van der Waals surface area contributed by atoms with E-state index in [-0.39, 0.29) is 6.23 Å². The zero-order valence-electron chi connectivity index (χ0n) is 8.60. The van der Waals surface area contributed by atoms with Crippen molar-refractivity contribution in [3.63, 3.8) is 0 Å². The molecular formula is C12H15NO. The lowest BCUT2D eigenvalue weighted by atomic mass is 10.2. The molecule has 0 saturated carbocycles. The smallest absolute Gasteiger partial charge is 0.134 e. The van der Waals surface area contributed by atoms with Gasteiger partial charge in [-0.25, -0.2) is 0 Å². The highest BCUT2D eigenvalue weighted by molar-refractivity contribution is 5.13. The molecular weight excluding hydrogens is 174 g/mol. The topological polar surface area (TPSA) is 12.5 Å². The summed E-state index contributed by atoms with van der Waals surface area (Å²) in [7, 11) is 1.83. The molecule has 0 N–H and O–H groups in total. The first-order valence-electron chi connectivity index (χ1n) is 4.58. The van der Waals surface area contributed by atoms with Crippen LogP contribution in [0.15, 0.2) is 30.3 Å². The maximum Gasteiger partial charge on any atom is 0.134 e. The summed E-state index contributed by atoms with van der Waals surface area (Å²) in [5, 5.41) is 0. The highest BCUT2D eigenvalue weighted by Crippen LogP contribution is 2.04. The van der Waals surface area contributed by atoms with Gasteiger partial charge in [0, 0.05) is 13.1 Å². The molecule has 0 aliphatic rings. The number of ether oxygens (including phenoxy) is 1. The molecule has 0 aromatic heterocycles. The van der Waals surface area contributed by atoms with E-state index in [0.29, 0.717) is 6.61 Å². The molecule has 0 spiro atoms. The summed E-state index contributed by atoms with van der Waals surface area (Å²) < 4.78 is 5.56. The van der Waals surface area contributed by atoms with Gasteiger partial charge in [-0.15, -0.1) is 0 Å². The second-order valence-electron chi connectivity index (χ2n) is 3.14. The molecule has 0 saturated heterocycles. The quantitative estimate of drug-likeness (QED) is 0.408. The number of rotatable bonds is 4. The predicted molar refractivity (Wildman–Crippen MR) is 57.3 cm³/mol. The van der Waals surface area contributed by atoms with Crippen LogP contribution in [0.25, 0.3) is 0 Å². The van der Waals surface area contributed by atoms with Crippen LogP contribution in [0, 0.1) is 12.5 Å². The van der Waals surface area contributed by atoms with Crippen LogP contribution in [0.3, 0.4) is 0 Å². The van der Waals surface area contributed by atoms with Crippen molar-refractivity contribution in [1.29, 1.82) is 0 Å². The number of hydrogen-bond donors (Lipinski definition) is 0. The van der Waals surface area contributed by atoms with Gasteiger partial charge in [0.05, 0.1) is 6.61 Å². The van der Waals surface area contributed by atoms with Crippen molar-refractivity contribution in [2.75, 3.05) is 7.05 Å². The number of hydrogen-bond acceptors (Lipinski definition) is 2. The van der Waals surface area contributed by atoms with E-state index in [1.54, 1.807) is 4.90 Å². The lowest BCUT2D eigenvalue weighted by Gasteiger charge is -2.20. The summed E-state index contributed by atoms with van der Waals surface area (Å²) in [6.45, 7) is 2.52. The lowest BCUT2D eigenvalue weighted by Crippen LogP contribution is -2.26. The van der Waals surface area contributed by atoms with Crippen LogP contribution in [0.4, 0.5) is 0 Å². The minimum atomic E-state index is -0.0554. The summed E-state index contributed by atoms with van der Waals surface area (Å²) in [6.07, 6.45) is 5.18. The number of benzene rings is 1. The van der Waals surface area contributed by atoms with Gasteiger partial charge in [0.1, 0.15) is 6.23 Å². The van der Waals surface area contributed by atoms with Crippen LogP contribution in [-0.2, 0) is 11.3 Å². The normalized spacial score (nSPS) is 11.8. The number of terminal acetylenes is 1. The third-order valence-corrected chi connectivity index (χ3v) is 2.08. The average Bonchev–Trinajstić information content (AvgIpc) is 2.26. The standard InChI is InChI=1S/C12H15NO/c1-4-13(3)11(2)14-10-12-8-6-5-7-9-12/h1,5-9,11H,10H2,2-3H3. The average molecular weight is 189 g/mol. The fourth-order valence-electron chi connectivity index (χ4n) is 1.01. The van der Waals surface area contributed by atoms with Gasteiger partial charge in [-0.2, -0.15) is 0 Å². The fraction of sp³-hybridized carbons (Fsp3) is 0.333. The van der Waals surface area contributed by atoms with E-state index in [1.807, 2.05) is 44.3 Å². The monoisotopic (exact) mass is 189 g/mol.